The van der Waals surface area contributed by atoms with Crippen LogP contribution in [0.25, 0.3) is 11.1 Å². The van der Waals surface area contributed by atoms with Crippen LogP contribution in [-0.4, -0.2) is 10.3 Å². The highest BCUT2D eigenvalue weighted by atomic mass is 16.5. The molecule has 0 saturated heterocycles. The van der Waals surface area contributed by atoms with E-state index in [0.29, 0.717) is 5.56 Å². The fourth-order valence-corrected chi connectivity index (χ4v) is 1.24. The third-order valence-corrected chi connectivity index (χ3v) is 2.12. The van der Waals surface area contributed by atoms with Crippen molar-refractivity contribution in [3.63, 3.8) is 0 Å². The summed E-state index contributed by atoms with van der Waals surface area (Å²) in [6.07, 6.45) is 1.53. The zero-order chi connectivity index (χ0) is 10.1. The summed E-state index contributed by atoms with van der Waals surface area (Å²) in [6.45, 7) is 1.83. The Bertz CT molecular complexity index is 463. The molecular weight excluding hydrogens is 180 g/mol. The minimum Gasteiger partial charge on any atom is -0.508 e. The van der Waals surface area contributed by atoms with E-state index in [2.05, 4.69) is 5.16 Å². The highest BCUT2D eigenvalue weighted by Crippen LogP contribution is 2.29. The summed E-state index contributed by atoms with van der Waals surface area (Å²) in [5, 5.41) is 13.1. The molecule has 4 heteroatoms. The number of aryl methyl sites for hydroxylation is 1. The van der Waals surface area contributed by atoms with Crippen LogP contribution in [0.1, 0.15) is 5.56 Å². The maximum Gasteiger partial charge on any atom is 0.229 e. The van der Waals surface area contributed by atoms with Gasteiger partial charge in [-0.05, 0) is 24.1 Å². The van der Waals surface area contributed by atoms with Crippen molar-refractivity contribution in [2.24, 2.45) is 0 Å². The monoisotopic (exact) mass is 190 g/mol. The van der Waals surface area contributed by atoms with Gasteiger partial charge in [0.15, 0.2) is 0 Å². The predicted molar refractivity (Wildman–Crippen MR) is 52.8 cm³/mol. The molecule has 2 aromatic rings. The van der Waals surface area contributed by atoms with E-state index in [1.54, 1.807) is 6.07 Å². The van der Waals surface area contributed by atoms with E-state index in [1.165, 1.54) is 6.20 Å². The van der Waals surface area contributed by atoms with Crippen LogP contribution in [0.3, 0.4) is 0 Å². The topological polar surface area (TPSA) is 72.3 Å². The number of benzene rings is 1. The first kappa shape index (κ1) is 8.62. The minimum absolute atomic E-state index is 0.239. The highest BCUT2D eigenvalue weighted by molar-refractivity contribution is 5.73. The van der Waals surface area contributed by atoms with Crippen molar-refractivity contribution in [1.82, 2.24) is 5.16 Å². The van der Waals surface area contributed by atoms with Gasteiger partial charge in [0.25, 0.3) is 0 Å². The lowest BCUT2D eigenvalue weighted by molar-refractivity contribution is 0.436. The molecule has 2 rings (SSSR count). The van der Waals surface area contributed by atoms with Crippen molar-refractivity contribution in [3.05, 3.63) is 30.0 Å². The van der Waals surface area contributed by atoms with Gasteiger partial charge in [-0.25, -0.2) is 0 Å². The van der Waals surface area contributed by atoms with Crippen LogP contribution in [0.2, 0.25) is 0 Å². The summed E-state index contributed by atoms with van der Waals surface area (Å²) in [7, 11) is 0. The number of anilines is 1. The van der Waals surface area contributed by atoms with E-state index < -0.39 is 0 Å². The van der Waals surface area contributed by atoms with Crippen LogP contribution in [-0.2, 0) is 0 Å². The van der Waals surface area contributed by atoms with Gasteiger partial charge in [-0.3, -0.25) is 0 Å². The number of nitrogens with zero attached hydrogens (tertiary/aromatic N) is 1. The van der Waals surface area contributed by atoms with Crippen molar-refractivity contribution in [2.45, 2.75) is 6.92 Å². The van der Waals surface area contributed by atoms with Gasteiger partial charge in [-0.1, -0.05) is 17.3 Å². The van der Waals surface area contributed by atoms with Gasteiger partial charge in [0.1, 0.15) is 5.75 Å². The zero-order valence-corrected chi connectivity index (χ0v) is 7.69. The summed E-state index contributed by atoms with van der Waals surface area (Å²) >= 11 is 0. The molecule has 1 aromatic carbocycles. The number of rotatable bonds is 1. The molecule has 0 bridgehead atoms. The number of hydrogen-bond donors (Lipinski definition) is 2. The zero-order valence-electron chi connectivity index (χ0n) is 7.69. The number of nitrogen functional groups attached to an aromatic ring is 1. The van der Waals surface area contributed by atoms with E-state index in [4.69, 9.17) is 10.3 Å². The number of nitrogens with two attached hydrogens (primary N) is 1. The molecule has 0 fully saturated rings. The van der Waals surface area contributed by atoms with E-state index in [-0.39, 0.29) is 11.6 Å². The molecule has 0 unspecified atom stereocenters. The largest absolute Gasteiger partial charge is 0.508 e. The smallest absolute Gasteiger partial charge is 0.229 e. The lowest BCUT2D eigenvalue weighted by Gasteiger charge is -2.01. The first-order valence-electron chi connectivity index (χ1n) is 4.18. The van der Waals surface area contributed by atoms with E-state index >= 15 is 0 Å². The molecule has 0 saturated carbocycles. The number of phenols is 1. The molecule has 1 aromatic heterocycles. The fourth-order valence-electron chi connectivity index (χ4n) is 1.24. The number of phenolic OH excluding ortho intramolecular Hbond substituents is 1. The maximum atomic E-state index is 9.50. The molecule has 0 radical (unpaired) electrons. The molecule has 0 aliphatic carbocycles. The van der Waals surface area contributed by atoms with Crippen LogP contribution in [0, 0.1) is 6.92 Å². The molecule has 72 valence electrons. The summed E-state index contributed by atoms with van der Waals surface area (Å²) in [5.74, 6) is 0.497. The minimum atomic E-state index is 0.239. The SMILES string of the molecule is Cc1ccc(-c2cnoc2N)cc1O. The highest BCUT2D eigenvalue weighted by Gasteiger charge is 2.07. The predicted octanol–water partition coefficient (Wildman–Crippen LogP) is 1.94. The summed E-state index contributed by atoms with van der Waals surface area (Å²) in [4.78, 5) is 0. The second-order valence-electron chi connectivity index (χ2n) is 3.10. The van der Waals surface area contributed by atoms with Gasteiger partial charge < -0.3 is 15.4 Å². The first-order chi connectivity index (χ1) is 6.68. The molecule has 0 atom stereocenters. The van der Waals surface area contributed by atoms with Crippen LogP contribution in [0.15, 0.2) is 28.9 Å². The van der Waals surface area contributed by atoms with Gasteiger partial charge in [-0.2, -0.15) is 0 Å². The van der Waals surface area contributed by atoms with Gasteiger partial charge in [-0.15, -0.1) is 0 Å². The van der Waals surface area contributed by atoms with Gasteiger partial charge in [0, 0.05) is 0 Å². The maximum absolute atomic E-state index is 9.50. The van der Waals surface area contributed by atoms with Crippen LogP contribution in [0.5, 0.6) is 5.75 Å². The normalized spacial score (nSPS) is 10.4. The van der Waals surface area contributed by atoms with E-state index in [9.17, 15) is 5.11 Å². The standard InChI is InChI=1S/C10H10N2O2/c1-6-2-3-7(4-9(6)13)8-5-12-14-10(8)11/h2-5,13H,11H2,1H3. The van der Waals surface area contributed by atoms with E-state index in [0.717, 1.165) is 11.1 Å². The van der Waals surface area contributed by atoms with Crippen molar-refractivity contribution < 1.29 is 9.63 Å². The molecule has 3 N–H and O–H groups in total. The summed E-state index contributed by atoms with van der Waals surface area (Å²) in [5.41, 5.74) is 7.87. The first-order valence-corrected chi connectivity index (χ1v) is 4.18. The van der Waals surface area contributed by atoms with Crippen LogP contribution < -0.4 is 5.73 Å². The Morgan fingerprint density at radius 3 is 2.79 bits per heavy atom. The van der Waals surface area contributed by atoms with Crippen LogP contribution >= 0.6 is 0 Å². The van der Waals surface area contributed by atoms with Gasteiger partial charge in [0.05, 0.1) is 11.8 Å². The van der Waals surface area contributed by atoms with Crippen molar-refractivity contribution in [3.8, 4) is 16.9 Å². The number of aromatic nitrogens is 1. The Hall–Kier alpha value is -1.97. The third-order valence-electron chi connectivity index (χ3n) is 2.12. The summed E-state index contributed by atoms with van der Waals surface area (Å²) in [6, 6.07) is 5.31. The quantitative estimate of drug-likeness (QED) is 0.720. The lowest BCUT2D eigenvalue weighted by atomic mass is 10.1. The molecular formula is C10H10N2O2. The fraction of sp³-hybridized carbons (Fsp3) is 0.100. The molecule has 14 heavy (non-hydrogen) atoms. The molecule has 0 aliphatic rings. The summed E-state index contributed by atoms with van der Waals surface area (Å²) < 4.78 is 4.74. The van der Waals surface area contributed by atoms with Crippen molar-refractivity contribution in [1.29, 1.82) is 0 Å². The van der Waals surface area contributed by atoms with Crippen molar-refractivity contribution >= 4 is 5.88 Å². The average Bonchev–Trinajstić information content (AvgIpc) is 2.57. The molecule has 0 amide bonds. The third kappa shape index (κ3) is 1.31. The Balaban J connectivity index is 2.53. The number of hydrogen-bond acceptors (Lipinski definition) is 4. The van der Waals surface area contributed by atoms with Gasteiger partial charge >= 0.3 is 0 Å². The Labute approximate surface area is 81.0 Å². The second kappa shape index (κ2) is 3.06. The average molecular weight is 190 g/mol. The Kier molecular flexibility index (Phi) is 1.89. The Morgan fingerprint density at radius 2 is 2.21 bits per heavy atom. The van der Waals surface area contributed by atoms with Crippen molar-refractivity contribution in [2.75, 3.05) is 5.73 Å². The van der Waals surface area contributed by atoms with Crippen LogP contribution in [0.4, 0.5) is 5.88 Å². The molecule has 4 nitrogen and oxygen atoms in total. The molecule has 0 aliphatic heterocycles. The van der Waals surface area contributed by atoms with E-state index in [1.807, 2.05) is 19.1 Å². The number of aromatic hydroxyl groups is 1. The molecule has 1 heterocycles. The lowest BCUT2D eigenvalue weighted by Crippen LogP contribution is -1.85. The molecule has 0 spiro atoms. The van der Waals surface area contributed by atoms with Gasteiger partial charge in [0.2, 0.25) is 5.88 Å². The Morgan fingerprint density at radius 1 is 1.43 bits per heavy atom. The second-order valence-corrected chi connectivity index (χ2v) is 3.10.